The van der Waals surface area contributed by atoms with E-state index in [1.54, 1.807) is 4.90 Å². The summed E-state index contributed by atoms with van der Waals surface area (Å²) in [7, 11) is 0. The summed E-state index contributed by atoms with van der Waals surface area (Å²) in [4.78, 5) is 18.0. The fourth-order valence-electron chi connectivity index (χ4n) is 2.33. The molecule has 0 unspecified atom stereocenters. The minimum atomic E-state index is -0.123. The molecule has 0 spiro atoms. The number of rotatable bonds is 2. The molecule has 0 saturated heterocycles. The van der Waals surface area contributed by atoms with Crippen LogP contribution in [-0.2, 0) is 19.5 Å². The highest BCUT2D eigenvalue weighted by atomic mass is 16.4. The molecule has 0 saturated carbocycles. The Hall–Kier alpha value is -2.14. The van der Waals surface area contributed by atoms with Crippen LogP contribution in [0.25, 0.3) is 0 Å². The largest absolute Gasteiger partial charge is 0.434 e. The van der Waals surface area contributed by atoms with Gasteiger partial charge >= 0.3 is 0 Å². The number of hydrogen-bond acceptors (Lipinski definition) is 4. The number of nitrogens with two attached hydrogens (primary N) is 1. The third-order valence-corrected chi connectivity index (χ3v) is 3.36. The summed E-state index contributed by atoms with van der Waals surface area (Å²) >= 11 is 0. The van der Waals surface area contributed by atoms with E-state index in [2.05, 4.69) is 17.1 Å². The third kappa shape index (κ3) is 2.24. The molecule has 2 heterocycles. The van der Waals surface area contributed by atoms with Gasteiger partial charge in [0.1, 0.15) is 0 Å². The predicted molar refractivity (Wildman–Crippen MR) is 69.3 cm³/mol. The van der Waals surface area contributed by atoms with Crippen molar-refractivity contribution in [3.8, 4) is 0 Å². The zero-order valence-corrected chi connectivity index (χ0v) is 10.5. The highest BCUT2D eigenvalue weighted by Crippen LogP contribution is 2.20. The van der Waals surface area contributed by atoms with E-state index in [4.69, 9.17) is 10.2 Å². The van der Waals surface area contributed by atoms with Gasteiger partial charge in [-0.1, -0.05) is 24.3 Å². The van der Waals surface area contributed by atoms with E-state index in [9.17, 15) is 4.79 Å². The molecule has 0 aliphatic carbocycles. The Balaban J connectivity index is 1.79. The first-order chi connectivity index (χ1) is 9.28. The van der Waals surface area contributed by atoms with Crippen LogP contribution in [0.3, 0.4) is 0 Å². The summed E-state index contributed by atoms with van der Waals surface area (Å²) in [6.07, 6.45) is 2.32. The van der Waals surface area contributed by atoms with Crippen molar-refractivity contribution in [3.05, 3.63) is 53.2 Å². The van der Waals surface area contributed by atoms with Gasteiger partial charge in [0.15, 0.2) is 0 Å². The number of benzene rings is 1. The van der Waals surface area contributed by atoms with Crippen LogP contribution in [0.5, 0.6) is 0 Å². The van der Waals surface area contributed by atoms with Crippen molar-refractivity contribution >= 4 is 5.91 Å². The first-order valence-corrected chi connectivity index (χ1v) is 6.29. The van der Waals surface area contributed by atoms with Crippen molar-refractivity contribution in [2.24, 2.45) is 5.73 Å². The molecule has 1 aromatic carbocycles. The lowest BCUT2D eigenvalue weighted by atomic mass is 10.00. The summed E-state index contributed by atoms with van der Waals surface area (Å²) < 4.78 is 5.31. The van der Waals surface area contributed by atoms with Gasteiger partial charge in [0.05, 0.1) is 12.7 Å². The van der Waals surface area contributed by atoms with Crippen LogP contribution in [0.4, 0.5) is 0 Å². The van der Waals surface area contributed by atoms with Gasteiger partial charge in [-0.2, -0.15) is 0 Å². The summed E-state index contributed by atoms with van der Waals surface area (Å²) in [6, 6.07) is 8.19. The first-order valence-electron chi connectivity index (χ1n) is 6.29. The Kier molecular flexibility index (Phi) is 3.05. The Labute approximate surface area is 111 Å². The van der Waals surface area contributed by atoms with Crippen LogP contribution in [0, 0.1) is 0 Å². The van der Waals surface area contributed by atoms with E-state index in [1.165, 1.54) is 17.3 Å². The average molecular weight is 257 g/mol. The number of aromatic nitrogens is 1. The molecule has 0 fully saturated rings. The summed E-state index contributed by atoms with van der Waals surface area (Å²) in [5.74, 6) is 0.530. The summed E-state index contributed by atoms with van der Waals surface area (Å²) in [5.41, 5.74) is 7.93. The van der Waals surface area contributed by atoms with Crippen LogP contribution in [0.1, 0.15) is 27.6 Å². The molecule has 19 heavy (non-hydrogen) atoms. The molecule has 0 atom stereocenters. The molecule has 3 rings (SSSR count). The van der Waals surface area contributed by atoms with E-state index in [0.29, 0.717) is 19.0 Å². The SMILES string of the molecule is NCc1ncc(C(=O)N2CCc3ccccc3C2)o1. The molecule has 1 aliphatic rings. The van der Waals surface area contributed by atoms with E-state index in [1.807, 2.05) is 12.1 Å². The van der Waals surface area contributed by atoms with E-state index in [0.717, 1.165) is 6.42 Å². The zero-order valence-electron chi connectivity index (χ0n) is 10.5. The topological polar surface area (TPSA) is 72.4 Å². The highest BCUT2D eigenvalue weighted by molar-refractivity contribution is 5.91. The number of amides is 1. The van der Waals surface area contributed by atoms with Crippen LogP contribution in [0.15, 0.2) is 34.9 Å². The second-order valence-electron chi connectivity index (χ2n) is 4.57. The maximum absolute atomic E-state index is 12.3. The Morgan fingerprint density at radius 2 is 2.16 bits per heavy atom. The normalized spacial score (nSPS) is 14.3. The van der Waals surface area contributed by atoms with Crippen LogP contribution in [-0.4, -0.2) is 22.3 Å². The Bertz CT molecular complexity index is 606. The third-order valence-electron chi connectivity index (χ3n) is 3.36. The van der Waals surface area contributed by atoms with Gasteiger partial charge in [0, 0.05) is 13.1 Å². The quantitative estimate of drug-likeness (QED) is 0.881. The summed E-state index contributed by atoms with van der Waals surface area (Å²) in [6.45, 7) is 1.53. The minimum absolute atomic E-state index is 0.123. The average Bonchev–Trinajstić information content (AvgIpc) is 2.95. The van der Waals surface area contributed by atoms with Gasteiger partial charge < -0.3 is 15.1 Å². The van der Waals surface area contributed by atoms with E-state index in [-0.39, 0.29) is 18.2 Å². The van der Waals surface area contributed by atoms with Crippen molar-refractivity contribution in [1.29, 1.82) is 0 Å². The number of fused-ring (bicyclic) bond motifs is 1. The number of oxazole rings is 1. The van der Waals surface area contributed by atoms with Crippen molar-refractivity contribution in [1.82, 2.24) is 9.88 Å². The standard InChI is InChI=1S/C14H15N3O2/c15-7-13-16-8-12(19-13)14(18)17-6-5-10-3-1-2-4-11(10)9-17/h1-4,8H,5-7,9,15H2. The molecule has 1 amide bonds. The fourth-order valence-corrected chi connectivity index (χ4v) is 2.33. The monoisotopic (exact) mass is 257 g/mol. The van der Waals surface area contributed by atoms with Gasteiger partial charge in [-0.05, 0) is 17.5 Å². The lowest BCUT2D eigenvalue weighted by molar-refractivity contribution is 0.0700. The number of hydrogen-bond donors (Lipinski definition) is 1. The molecule has 2 aromatic rings. The molecule has 1 aromatic heterocycles. The van der Waals surface area contributed by atoms with Crippen LogP contribution in [0.2, 0.25) is 0 Å². The molecule has 5 nitrogen and oxygen atoms in total. The lowest BCUT2D eigenvalue weighted by Crippen LogP contribution is -2.35. The molecule has 98 valence electrons. The molecule has 0 radical (unpaired) electrons. The Morgan fingerprint density at radius 3 is 2.89 bits per heavy atom. The van der Waals surface area contributed by atoms with Crippen molar-refractivity contribution in [3.63, 3.8) is 0 Å². The van der Waals surface area contributed by atoms with Crippen molar-refractivity contribution in [2.75, 3.05) is 6.54 Å². The van der Waals surface area contributed by atoms with Gasteiger partial charge in [-0.15, -0.1) is 0 Å². The van der Waals surface area contributed by atoms with Crippen LogP contribution < -0.4 is 5.73 Å². The second-order valence-corrected chi connectivity index (χ2v) is 4.57. The fraction of sp³-hybridized carbons (Fsp3) is 0.286. The zero-order chi connectivity index (χ0) is 13.2. The molecule has 2 N–H and O–H groups in total. The smallest absolute Gasteiger partial charge is 0.291 e. The molecule has 5 heteroatoms. The number of carbonyl (C=O) groups is 1. The minimum Gasteiger partial charge on any atom is -0.434 e. The van der Waals surface area contributed by atoms with Crippen molar-refractivity contribution in [2.45, 2.75) is 19.5 Å². The maximum atomic E-state index is 12.3. The predicted octanol–water partition coefficient (Wildman–Crippen LogP) is 1.33. The second kappa shape index (κ2) is 4.85. The molecule has 1 aliphatic heterocycles. The van der Waals surface area contributed by atoms with Crippen molar-refractivity contribution < 1.29 is 9.21 Å². The molecular weight excluding hydrogens is 242 g/mol. The maximum Gasteiger partial charge on any atom is 0.291 e. The first kappa shape index (κ1) is 11.9. The molecular formula is C14H15N3O2. The van der Waals surface area contributed by atoms with Gasteiger partial charge in [0.25, 0.3) is 5.91 Å². The van der Waals surface area contributed by atoms with E-state index >= 15 is 0 Å². The van der Waals surface area contributed by atoms with Gasteiger partial charge in [0.2, 0.25) is 11.7 Å². The number of carbonyl (C=O) groups excluding carboxylic acids is 1. The molecule has 0 bridgehead atoms. The number of nitrogens with zero attached hydrogens (tertiary/aromatic N) is 2. The highest BCUT2D eigenvalue weighted by Gasteiger charge is 2.24. The van der Waals surface area contributed by atoms with Crippen LogP contribution >= 0.6 is 0 Å². The van der Waals surface area contributed by atoms with Gasteiger partial charge in [-0.25, -0.2) is 4.98 Å². The summed E-state index contributed by atoms with van der Waals surface area (Å²) in [5, 5.41) is 0. The Morgan fingerprint density at radius 1 is 1.37 bits per heavy atom. The van der Waals surface area contributed by atoms with E-state index < -0.39 is 0 Å². The lowest BCUT2D eigenvalue weighted by Gasteiger charge is -2.27. The van der Waals surface area contributed by atoms with Gasteiger partial charge in [-0.3, -0.25) is 4.79 Å².